The van der Waals surface area contributed by atoms with E-state index in [9.17, 15) is 9.59 Å². The molecule has 0 radical (unpaired) electrons. The average Bonchev–Trinajstić information content (AvgIpc) is 2.17. The molecule has 0 saturated heterocycles. The van der Waals surface area contributed by atoms with Crippen LogP contribution in [0.15, 0.2) is 29.2 Å². The standard InChI is InChI=1S/C10H11NO3S/c11-9(12)5-6-15-8-4-2-1-3-7(8)10(13)14/h1-4H,5-6H2,(H2,11,12)(H,13,14)/i5+1,6+1,9+1. The van der Waals surface area contributed by atoms with Gasteiger partial charge in [-0.3, -0.25) is 4.79 Å². The first-order valence-electron chi connectivity index (χ1n) is 4.34. The topological polar surface area (TPSA) is 80.4 Å². The molecular weight excluding hydrogens is 217 g/mol. The van der Waals surface area contributed by atoms with Gasteiger partial charge in [0.1, 0.15) is 0 Å². The van der Waals surface area contributed by atoms with E-state index in [-0.39, 0.29) is 17.9 Å². The van der Waals surface area contributed by atoms with E-state index in [0.717, 1.165) is 0 Å². The van der Waals surface area contributed by atoms with Gasteiger partial charge >= 0.3 is 5.97 Å². The van der Waals surface area contributed by atoms with Crippen molar-refractivity contribution >= 4 is 23.6 Å². The maximum absolute atomic E-state index is 10.8. The monoisotopic (exact) mass is 228 g/mol. The summed E-state index contributed by atoms with van der Waals surface area (Å²) in [6, 6.07) is 6.69. The molecule has 0 spiro atoms. The second-order valence-electron chi connectivity index (χ2n) is 2.87. The lowest BCUT2D eigenvalue weighted by Gasteiger charge is -2.03. The Morgan fingerprint density at radius 1 is 1.33 bits per heavy atom. The number of hydrogen-bond donors (Lipinski definition) is 2. The van der Waals surface area contributed by atoms with E-state index in [2.05, 4.69) is 0 Å². The number of carboxylic acids is 1. The van der Waals surface area contributed by atoms with Gasteiger partial charge in [0.15, 0.2) is 0 Å². The molecule has 0 aromatic heterocycles. The molecule has 0 aliphatic rings. The van der Waals surface area contributed by atoms with Crippen molar-refractivity contribution in [3.05, 3.63) is 29.8 Å². The molecular formula is C10H11NO3S. The highest BCUT2D eigenvalue weighted by Gasteiger charge is 2.09. The number of benzene rings is 1. The number of rotatable bonds is 5. The number of thioether (sulfide) groups is 1. The van der Waals surface area contributed by atoms with E-state index in [4.69, 9.17) is 10.8 Å². The van der Waals surface area contributed by atoms with Gasteiger partial charge in [-0.2, -0.15) is 0 Å². The van der Waals surface area contributed by atoms with Crippen molar-refractivity contribution in [2.24, 2.45) is 5.73 Å². The van der Waals surface area contributed by atoms with E-state index in [1.165, 1.54) is 17.8 Å². The highest BCUT2D eigenvalue weighted by atomic mass is 32.2. The molecule has 15 heavy (non-hydrogen) atoms. The Labute approximate surface area is 91.5 Å². The fourth-order valence-corrected chi connectivity index (χ4v) is 2.04. The van der Waals surface area contributed by atoms with Gasteiger partial charge in [-0.15, -0.1) is 11.8 Å². The van der Waals surface area contributed by atoms with Crippen molar-refractivity contribution in [1.82, 2.24) is 0 Å². The van der Waals surface area contributed by atoms with Crippen LogP contribution in [0.4, 0.5) is 0 Å². The molecule has 1 amide bonds. The fourth-order valence-electron chi connectivity index (χ4n) is 1.03. The predicted octanol–water partition coefficient (Wildman–Crippen LogP) is 1.35. The summed E-state index contributed by atoms with van der Waals surface area (Å²) in [7, 11) is 0. The van der Waals surface area contributed by atoms with Gasteiger partial charge in [0.25, 0.3) is 0 Å². The SMILES string of the molecule is N[13C](=O)[13CH2][13CH2]Sc1ccccc1C(=O)O. The number of aromatic carboxylic acids is 1. The zero-order valence-electron chi connectivity index (χ0n) is 7.97. The zero-order valence-corrected chi connectivity index (χ0v) is 8.79. The highest BCUT2D eigenvalue weighted by Crippen LogP contribution is 2.22. The van der Waals surface area contributed by atoms with E-state index in [1.807, 2.05) is 0 Å². The zero-order chi connectivity index (χ0) is 11.3. The predicted molar refractivity (Wildman–Crippen MR) is 57.9 cm³/mol. The minimum absolute atomic E-state index is 0.249. The highest BCUT2D eigenvalue weighted by molar-refractivity contribution is 7.99. The van der Waals surface area contributed by atoms with Gasteiger partial charge in [0.05, 0.1) is 5.56 Å². The van der Waals surface area contributed by atoms with Crippen LogP contribution in [0.5, 0.6) is 0 Å². The minimum atomic E-state index is -0.961. The summed E-state index contributed by atoms with van der Waals surface area (Å²) >= 11 is 1.32. The normalized spacial score (nSPS) is 9.87. The van der Waals surface area contributed by atoms with Crippen LogP contribution in [0.2, 0.25) is 0 Å². The lowest BCUT2D eigenvalue weighted by molar-refractivity contribution is -0.117. The molecule has 0 aliphatic carbocycles. The summed E-state index contributed by atoms with van der Waals surface area (Å²) in [5.74, 6) is -0.841. The third-order valence-electron chi connectivity index (χ3n) is 1.72. The van der Waals surface area contributed by atoms with Gasteiger partial charge < -0.3 is 10.8 Å². The molecule has 0 fully saturated rings. The number of nitrogens with two attached hydrogens (primary N) is 1. The number of hydrogen-bond acceptors (Lipinski definition) is 3. The van der Waals surface area contributed by atoms with Crippen molar-refractivity contribution < 1.29 is 14.7 Å². The Bertz CT molecular complexity index is 379. The lowest BCUT2D eigenvalue weighted by Crippen LogP contribution is -2.11. The minimum Gasteiger partial charge on any atom is -0.478 e. The molecule has 0 unspecified atom stereocenters. The first-order chi connectivity index (χ1) is 7.11. The van der Waals surface area contributed by atoms with Crippen molar-refractivity contribution in [3.63, 3.8) is 0 Å². The fraction of sp³-hybridized carbons (Fsp3) is 0.200. The first kappa shape index (κ1) is 11.6. The van der Waals surface area contributed by atoms with Gasteiger partial charge in [-0.1, -0.05) is 12.1 Å². The van der Waals surface area contributed by atoms with E-state index < -0.39 is 5.97 Å². The van der Waals surface area contributed by atoms with Crippen molar-refractivity contribution in [3.8, 4) is 0 Å². The average molecular weight is 228 g/mol. The molecule has 1 aromatic rings. The molecule has 0 aliphatic heterocycles. The van der Waals surface area contributed by atoms with Gasteiger partial charge in [-0.05, 0) is 12.1 Å². The molecule has 0 atom stereocenters. The Balaban J connectivity index is 2.67. The van der Waals surface area contributed by atoms with Crippen LogP contribution in [-0.2, 0) is 4.79 Å². The molecule has 0 heterocycles. The van der Waals surface area contributed by atoms with Crippen molar-refractivity contribution in [1.29, 1.82) is 0 Å². The molecule has 5 heteroatoms. The summed E-state index contributed by atoms with van der Waals surface area (Å²) in [6.07, 6.45) is 0.249. The van der Waals surface area contributed by atoms with E-state index >= 15 is 0 Å². The third-order valence-corrected chi connectivity index (χ3v) is 2.80. The van der Waals surface area contributed by atoms with Crippen molar-refractivity contribution in [2.45, 2.75) is 11.3 Å². The largest absolute Gasteiger partial charge is 0.478 e. The van der Waals surface area contributed by atoms with Gasteiger partial charge in [0, 0.05) is 17.1 Å². The first-order valence-corrected chi connectivity index (χ1v) is 5.33. The summed E-state index contributed by atoms with van der Waals surface area (Å²) in [5.41, 5.74) is 5.24. The Kier molecular flexibility index (Phi) is 4.17. The maximum atomic E-state index is 10.8. The summed E-state index contributed by atoms with van der Waals surface area (Å²) in [5, 5.41) is 8.87. The lowest BCUT2D eigenvalue weighted by atomic mass is 10.2. The Morgan fingerprint density at radius 2 is 2.00 bits per heavy atom. The maximum Gasteiger partial charge on any atom is 0.336 e. The quantitative estimate of drug-likeness (QED) is 0.589. The summed E-state index contributed by atoms with van der Waals surface area (Å²) in [6.45, 7) is 0. The second kappa shape index (κ2) is 5.41. The second-order valence-corrected chi connectivity index (χ2v) is 4.00. The van der Waals surface area contributed by atoms with Crippen LogP contribution in [-0.4, -0.2) is 22.7 Å². The molecule has 1 rings (SSSR count). The van der Waals surface area contributed by atoms with Crippen LogP contribution in [0.1, 0.15) is 16.8 Å². The van der Waals surface area contributed by atoms with Crippen LogP contribution in [0, 0.1) is 0 Å². The van der Waals surface area contributed by atoms with E-state index in [1.54, 1.807) is 18.2 Å². The number of carbonyl (C=O) groups is 2. The van der Waals surface area contributed by atoms with Crippen LogP contribution in [0.25, 0.3) is 0 Å². The van der Waals surface area contributed by atoms with E-state index in [0.29, 0.717) is 10.6 Å². The molecule has 3 N–H and O–H groups in total. The number of primary amides is 1. The van der Waals surface area contributed by atoms with Gasteiger partial charge in [-0.25, -0.2) is 4.79 Å². The molecule has 0 bridgehead atoms. The number of carboxylic acid groups (broad SMARTS) is 1. The third kappa shape index (κ3) is 3.63. The van der Waals surface area contributed by atoms with Crippen LogP contribution >= 0.6 is 11.8 Å². The summed E-state index contributed by atoms with van der Waals surface area (Å²) < 4.78 is 0. The van der Waals surface area contributed by atoms with Crippen LogP contribution < -0.4 is 5.73 Å². The smallest absolute Gasteiger partial charge is 0.336 e. The number of amides is 1. The molecule has 4 nitrogen and oxygen atoms in total. The Morgan fingerprint density at radius 3 is 2.60 bits per heavy atom. The van der Waals surface area contributed by atoms with Crippen molar-refractivity contribution in [2.75, 3.05) is 5.75 Å². The van der Waals surface area contributed by atoms with Crippen LogP contribution in [0.3, 0.4) is 0 Å². The molecule has 0 saturated carbocycles. The number of carbonyl (C=O) groups excluding carboxylic acids is 1. The molecule has 1 aromatic carbocycles. The molecule has 80 valence electrons. The summed E-state index contributed by atoms with van der Waals surface area (Å²) in [4.78, 5) is 22.0. The van der Waals surface area contributed by atoms with Gasteiger partial charge in [0.2, 0.25) is 5.91 Å². The Hall–Kier alpha value is -1.49.